The summed E-state index contributed by atoms with van der Waals surface area (Å²) in [6, 6.07) is 2.06. The van der Waals surface area contributed by atoms with Crippen molar-refractivity contribution in [1.82, 2.24) is 0 Å². The van der Waals surface area contributed by atoms with Crippen LogP contribution in [0.2, 0.25) is 5.02 Å². The van der Waals surface area contributed by atoms with Gasteiger partial charge in [0.25, 0.3) is 0 Å². The van der Waals surface area contributed by atoms with Crippen molar-refractivity contribution in [2.45, 2.75) is 39.7 Å². The zero-order chi connectivity index (χ0) is 12.5. The van der Waals surface area contributed by atoms with E-state index in [-0.39, 0.29) is 5.54 Å². The highest BCUT2D eigenvalue weighted by atomic mass is 35.5. The molecule has 0 aromatic heterocycles. The maximum absolute atomic E-state index is 6.19. The zero-order valence-corrected chi connectivity index (χ0v) is 11.4. The van der Waals surface area contributed by atoms with Crippen LogP contribution in [0.15, 0.2) is 6.07 Å². The average molecular weight is 242 g/mol. The van der Waals surface area contributed by atoms with Crippen LogP contribution < -0.4 is 10.5 Å². The third-order valence-corrected chi connectivity index (χ3v) is 3.13. The lowest BCUT2D eigenvalue weighted by atomic mass is 9.93. The minimum Gasteiger partial charge on any atom is -0.496 e. The van der Waals surface area contributed by atoms with Crippen molar-refractivity contribution in [3.63, 3.8) is 0 Å². The molecule has 0 aliphatic heterocycles. The predicted octanol–water partition coefficient (Wildman–Crippen LogP) is 3.25. The highest BCUT2D eigenvalue weighted by Gasteiger charge is 2.18. The molecule has 0 heterocycles. The minimum atomic E-state index is -0.250. The SMILES string of the molecule is COc1c(CC(C)(C)N)cc(C)c(Cl)c1C. The number of aryl methyl sites for hydroxylation is 1. The molecule has 0 saturated carbocycles. The summed E-state index contributed by atoms with van der Waals surface area (Å²) in [5.41, 5.74) is 8.97. The molecule has 0 bridgehead atoms. The third kappa shape index (κ3) is 2.89. The van der Waals surface area contributed by atoms with E-state index in [1.807, 2.05) is 27.7 Å². The van der Waals surface area contributed by atoms with Gasteiger partial charge >= 0.3 is 0 Å². The molecule has 0 atom stereocenters. The van der Waals surface area contributed by atoms with Crippen LogP contribution in [0.25, 0.3) is 0 Å². The molecule has 0 saturated heterocycles. The highest BCUT2D eigenvalue weighted by Crippen LogP contribution is 2.34. The molecule has 90 valence electrons. The number of methoxy groups -OCH3 is 1. The number of hydrogen-bond acceptors (Lipinski definition) is 2. The van der Waals surface area contributed by atoms with Gasteiger partial charge in [-0.15, -0.1) is 0 Å². The molecule has 0 spiro atoms. The maximum Gasteiger partial charge on any atom is 0.126 e. The molecular weight excluding hydrogens is 222 g/mol. The van der Waals surface area contributed by atoms with E-state index in [0.717, 1.165) is 33.9 Å². The van der Waals surface area contributed by atoms with Crippen LogP contribution >= 0.6 is 11.6 Å². The number of ether oxygens (including phenoxy) is 1. The van der Waals surface area contributed by atoms with Crippen molar-refractivity contribution >= 4 is 11.6 Å². The van der Waals surface area contributed by atoms with Gasteiger partial charge in [0.1, 0.15) is 5.75 Å². The summed E-state index contributed by atoms with van der Waals surface area (Å²) in [6.45, 7) is 7.99. The van der Waals surface area contributed by atoms with Crippen LogP contribution in [0, 0.1) is 13.8 Å². The highest BCUT2D eigenvalue weighted by molar-refractivity contribution is 6.32. The first-order chi connectivity index (χ1) is 7.26. The van der Waals surface area contributed by atoms with Gasteiger partial charge in [-0.25, -0.2) is 0 Å². The van der Waals surface area contributed by atoms with Gasteiger partial charge < -0.3 is 10.5 Å². The Balaban J connectivity index is 3.28. The lowest BCUT2D eigenvalue weighted by Gasteiger charge is -2.22. The topological polar surface area (TPSA) is 35.2 Å². The summed E-state index contributed by atoms with van der Waals surface area (Å²) in [5.74, 6) is 0.856. The standard InChI is InChI=1S/C13H20ClNO/c1-8-6-10(7-13(3,4)15)12(16-5)9(2)11(8)14/h6H,7,15H2,1-5H3. The van der Waals surface area contributed by atoms with Crippen molar-refractivity contribution in [2.24, 2.45) is 5.73 Å². The Bertz CT molecular complexity index is 394. The Morgan fingerprint density at radius 3 is 2.38 bits per heavy atom. The molecule has 1 aromatic rings. The summed E-state index contributed by atoms with van der Waals surface area (Å²) in [4.78, 5) is 0. The Morgan fingerprint density at radius 1 is 1.38 bits per heavy atom. The van der Waals surface area contributed by atoms with E-state index in [1.165, 1.54) is 0 Å². The normalized spacial score (nSPS) is 11.7. The fourth-order valence-electron chi connectivity index (χ4n) is 1.93. The fraction of sp³-hybridized carbons (Fsp3) is 0.538. The summed E-state index contributed by atoms with van der Waals surface area (Å²) in [6.07, 6.45) is 0.773. The lowest BCUT2D eigenvalue weighted by Crippen LogP contribution is -2.34. The Labute approximate surface area is 103 Å². The molecule has 0 aliphatic rings. The van der Waals surface area contributed by atoms with Crippen LogP contribution in [-0.2, 0) is 6.42 Å². The average Bonchev–Trinajstić information content (AvgIpc) is 2.12. The first-order valence-corrected chi connectivity index (χ1v) is 5.75. The number of nitrogens with two attached hydrogens (primary N) is 1. The van der Waals surface area contributed by atoms with Gasteiger partial charge in [-0.05, 0) is 45.2 Å². The summed E-state index contributed by atoms with van der Waals surface area (Å²) < 4.78 is 5.42. The molecule has 0 aliphatic carbocycles. The van der Waals surface area contributed by atoms with E-state index in [9.17, 15) is 0 Å². The molecular formula is C13H20ClNO. The predicted molar refractivity (Wildman–Crippen MR) is 69.4 cm³/mol. The first kappa shape index (κ1) is 13.3. The second kappa shape index (κ2) is 4.64. The number of rotatable bonds is 3. The van der Waals surface area contributed by atoms with Crippen LogP contribution in [0.4, 0.5) is 0 Å². The van der Waals surface area contributed by atoms with Gasteiger partial charge in [0.05, 0.1) is 12.1 Å². The molecule has 1 aromatic carbocycles. The first-order valence-electron chi connectivity index (χ1n) is 5.37. The van der Waals surface area contributed by atoms with E-state index < -0.39 is 0 Å². The molecule has 16 heavy (non-hydrogen) atoms. The molecule has 2 nitrogen and oxygen atoms in total. The van der Waals surface area contributed by atoms with E-state index >= 15 is 0 Å². The number of hydrogen-bond donors (Lipinski definition) is 1. The maximum atomic E-state index is 6.19. The quantitative estimate of drug-likeness (QED) is 0.882. The van der Waals surface area contributed by atoms with E-state index in [4.69, 9.17) is 22.1 Å². The smallest absolute Gasteiger partial charge is 0.126 e. The molecule has 3 heteroatoms. The molecule has 0 amide bonds. The zero-order valence-electron chi connectivity index (χ0n) is 10.6. The third-order valence-electron chi connectivity index (χ3n) is 2.55. The Morgan fingerprint density at radius 2 is 1.94 bits per heavy atom. The largest absolute Gasteiger partial charge is 0.496 e. The van der Waals surface area contributed by atoms with Crippen LogP contribution in [0.1, 0.15) is 30.5 Å². The second-order valence-corrected chi connectivity index (χ2v) is 5.37. The fourth-order valence-corrected chi connectivity index (χ4v) is 2.07. The number of halogens is 1. The van der Waals surface area contributed by atoms with Gasteiger partial charge in [-0.1, -0.05) is 17.7 Å². The van der Waals surface area contributed by atoms with Crippen LogP contribution in [0.5, 0.6) is 5.75 Å². The summed E-state index contributed by atoms with van der Waals surface area (Å²) >= 11 is 6.19. The summed E-state index contributed by atoms with van der Waals surface area (Å²) in [5, 5.41) is 0.774. The molecule has 0 radical (unpaired) electrons. The van der Waals surface area contributed by atoms with Crippen LogP contribution in [0.3, 0.4) is 0 Å². The minimum absolute atomic E-state index is 0.250. The Hall–Kier alpha value is -0.730. The van der Waals surface area contributed by atoms with Crippen molar-refractivity contribution in [1.29, 1.82) is 0 Å². The summed E-state index contributed by atoms with van der Waals surface area (Å²) in [7, 11) is 1.67. The van der Waals surface area contributed by atoms with Crippen molar-refractivity contribution in [2.75, 3.05) is 7.11 Å². The van der Waals surface area contributed by atoms with Gasteiger partial charge in [0.2, 0.25) is 0 Å². The number of benzene rings is 1. The molecule has 1 rings (SSSR count). The van der Waals surface area contributed by atoms with Crippen LogP contribution in [-0.4, -0.2) is 12.6 Å². The van der Waals surface area contributed by atoms with Gasteiger partial charge in [0.15, 0.2) is 0 Å². The van der Waals surface area contributed by atoms with Gasteiger partial charge in [0, 0.05) is 11.1 Å². The molecule has 0 unspecified atom stereocenters. The van der Waals surface area contributed by atoms with Gasteiger partial charge in [-0.2, -0.15) is 0 Å². The van der Waals surface area contributed by atoms with E-state index in [2.05, 4.69) is 6.07 Å². The molecule has 2 N–H and O–H groups in total. The van der Waals surface area contributed by atoms with Crippen molar-refractivity contribution < 1.29 is 4.74 Å². The van der Waals surface area contributed by atoms with E-state index in [0.29, 0.717) is 0 Å². The van der Waals surface area contributed by atoms with Crippen molar-refractivity contribution in [3.05, 3.63) is 27.8 Å². The lowest BCUT2D eigenvalue weighted by molar-refractivity contribution is 0.399. The Kier molecular flexibility index (Phi) is 3.87. The molecule has 0 fully saturated rings. The van der Waals surface area contributed by atoms with Gasteiger partial charge in [-0.3, -0.25) is 0 Å². The van der Waals surface area contributed by atoms with E-state index in [1.54, 1.807) is 7.11 Å². The van der Waals surface area contributed by atoms with Crippen molar-refractivity contribution in [3.8, 4) is 5.75 Å². The monoisotopic (exact) mass is 241 g/mol. The second-order valence-electron chi connectivity index (χ2n) is 4.99.